The van der Waals surface area contributed by atoms with Gasteiger partial charge in [0.2, 0.25) is 0 Å². The first kappa shape index (κ1) is 13.0. The Labute approximate surface area is 94.3 Å². The maximum atomic E-state index is 5.63. The molecule has 0 unspecified atom stereocenters. The summed E-state index contributed by atoms with van der Waals surface area (Å²) < 4.78 is 0. The first-order valence-electron chi connectivity index (χ1n) is 6.18. The third-order valence-corrected chi connectivity index (χ3v) is 3.09. The van der Waals surface area contributed by atoms with E-state index in [9.17, 15) is 0 Å². The van der Waals surface area contributed by atoms with E-state index in [4.69, 9.17) is 9.78 Å². The highest BCUT2D eigenvalue weighted by atomic mass is 17.2. The fraction of sp³-hybridized carbons (Fsp3) is 1.00. The van der Waals surface area contributed by atoms with E-state index in [2.05, 4.69) is 13.8 Å². The third-order valence-electron chi connectivity index (χ3n) is 3.09. The van der Waals surface area contributed by atoms with Crippen LogP contribution in [0.3, 0.4) is 0 Å². The van der Waals surface area contributed by atoms with Gasteiger partial charge in [-0.15, -0.1) is 0 Å². The molecule has 0 bridgehead atoms. The Kier molecular flexibility index (Phi) is 4.19. The highest BCUT2D eigenvalue weighted by Gasteiger charge is 2.33. The van der Waals surface area contributed by atoms with Crippen LogP contribution in [0.5, 0.6) is 0 Å². The van der Waals surface area contributed by atoms with Crippen molar-refractivity contribution in [2.24, 2.45) is 5.92 Å². The molecule has 1 saturated carbocycles. The molecule has 0 aromatic heterocycles. The van der Waals surface area contributed by atoms with E-state index in [0.717, 1.165) is 0 Å². The normalized spacial score (nSPS) is 20.6. The number of rotatable bonds is 3. The monoisotopic (exact) mass is 214 g/mol. The predicted octanol–water partition coefficient (Wildman–Crippen LogP) is 4.09. The molecule has 2 nitrogen and oxygen atoms in total. The molecule has 0 spiro atoms. The topological polar surface area (TPSA) is 18.5 Å². The smallest absolute Gasteiger partial charge is 0.101 e. The molecule has 1 rings (SSSR count). The summed E-state index contributed by atoms with van der Waals surface area (Å²) in [6.45, 7) is 10.3. The molecule has 0 heterocycles. The van der Waals surface area contributed by atoms with Gasteiger partial charge < -0.3 is 0 Å². The van der Waals surface area contributed by atoms with E-state index >= 15 is 0 Å². The van der Waals surface area contributed by atoms with E-state index in [1.807, 2.05) is 20.8 Å². The van der Waals surface area contributed by atoms with Gasteiger partial charge in [-0.25, -0.2) is 9.78 Å². The second-order valence-electron chi connectivity index (χ2n) is 6.22. The highest BCUT2D eigenvalue weighted by molar-refractivity contribution is 4.81. The lowest BCUT2D eigenvalue weighted by Gasteiger charge is -2.37. The van der Waals surface area contributed by atoms with E-state index in [1.165, 1.54) is 32.1 Å². The van der Waals surface area contributed by atoms with Gasteiger partial charge in [-0.1, -0.05) is 19.3 Å². The molecule has 0 atom stereocenters. The molecular weight excluding hydrogens is 188 g/mol. The van der Waals surface area contributed by atoms with Crippen molar-refractivity contribution in [3.8, 4) is 0 Å². The van der Waals surface area contributed by atoms with Gasteiger partial charge in [-0.2, -0.15) is 0 Å². The maximum absolute atomic E-state index is 5.63. The Morgan fingerprint density at radius 2 is 1.33 bits per heavy atom. The summed E-state index contributed by atoms with van der Waals surface area (Å²) in [5, 5.41) is 0. The molecule has 0 N–H and O–H groups in total. The van der Waals surface area contributed by atoms with Crippen LogP contribution in [-0.4, -0.2) is 11.2 Å². The molecule has 0 aromatic carbocycles. The van der Waals surface area contributed by atoms with Crippen LogP contribution in [0.4, 0.5) is 0 Å². The summed E-state index contributed by atoms with van der Waals surface area (Å²) in [6, 6.07) is 0. The summed E-state index contributed by atoms with van der Waals surface area (Å²) in [5.41, 5.74) is -0.361. The summed E-state index contributed by atoms with van der Waals surface area (Å²) in [6.07, 6.45) is 6.62. The van der Waals surface area contributed by atoms with Crippen LogP contribution in [0.15, 0.2) is 0 Å². The van der Waals surface area contributed by atoms with Crippen LogP contribution in [0, 0.1) is 5.92 Å². The lowest BCUT2D eigenvalue weighted by molar-refractivity contribution is -0.407. The van der Waals surface area contributed by atoms with Crippen molar-refractivity contribution in [3.63, 3.8) is 0 Å². The molecule has 1 fully saturated rings. The molecule has 0 amide bonds. The molecule has 0 aromatic rings. The lowest BCUT2D eigenvalue weighted by atomic mass is 9.79. The van der Waals surface area contributed by atoms with Crippen molar-refractivity contribution in [1.29, 1.82) is 0 Å². The Bertz CT molecular complexity index is 185. The van der Waals surface area contributed by atoms with Crippen molar-refractivity contribution >= 4 is 0 Å². The molecular formula is C13H26O2. The van der Waals surface area contributed by atoms with Gasteiger partial charge in [0.15, 0.2) is 0 Å². The molecule has 0 radical (unpaired) electrons. The standard InChI is InChI=1S/C13H26O2/c1-12(2,3)14-15-13(4,5)11-9-7-6-8-10-11/h11H,6-10H2,1-5H3. The minimum absolute atomic E-state index is 0.145. The van der Waals surface area contributed by atoms with Crippen LogP contribution >= 0.6 is 0 Å². The van der Waals surface area contributed by atoms with Gasteiger partial charge in [-0.05, 0) is 53.4 Å². The van der Waals surface area contributed by atoms with Gasteiger partial charge >= 0.3 is 0 Å². The predicted molar refractivity (Wildman–Crippen MR) is 62.6 cm³/mol. The molecule has 0 saturated heterocycles. The van der Waals surface area contributed by atoms with Crippen LogP contribution in [-0.2, 0) is 9.78 Å². The van der Waals surface area contributed by atoms with Crippen molar-refractivity contribution < 1.29 is 9.78 Å². The second kappa shape index (κ2) is 4.84. The van der Waals surface area contributed by atoms with Crippen molar-refractivity contribution in [2.45, 2.75) is 77.9 Å². The molecule has 1 aliphatic rings. The van der Waals surface area contributed by atoms with Crippen molar-refractivity contribution in [3.05, 3.63) is 0 Å². The van der Waals surface area contributed by atoms with E-state index in [-0.39, 0.29) is 11.2 Å². The van der Waals surface area contributed by atoms with Crippen LogP contribution in [0.1, 0.15) is 66.7 Å². The molecule has 0 aliphatic heterocycles. The van der Waals surface area contributed by atoms with Gasteiger partial charge in [-0.3, -0.25) is 0 Å². The number of hydrogen-bond donors (Lipinski definition) is 0. The van der Waals surface area contributed by atoms with Crippen molar-refractivity contribution in [2.75, 3.05) is 0 Å². The maximum Gasteiger partial charge on any atom is 0.101 e. The third kappa shape index (κ3) is 4.52. The second-order valence-corrected chi connectivity index (χ2v) is 6.22. The van der Waals surface area contributed by atoms with Crippen molar-refractivity contribution in [1.82, 2.24) is 0 Å². The Balaban J connectivity index is 2.42. The van der Waals surface area contributed by atoms with Gasteiger partial charge in [0.1, 0.15) is 5.60 Å². The summed E-state index contributed by atoms with van der Waals surface area (Å²) in [7, 11) is 0. The quantitative estimate of drug-likeness (QED) is 0.520. The lowest BCUT2D eigenvalue weighted by Crippen LogP contribution is -2.38. The molecule has 15 heavy (non-hydrogen) atoms. The van der Waals surface area contributed by atoms with E-state index in [1.54, 1.807) is 0 Å². The van der Waals surface area contributed by atoms with Crippen LogP contribution in [0.2, 0.25) is 0 Å². The summed E-state index contributed by atoms with van der Waals surface area (Å²) in [4.78, 5) is 11.1. The minimum atomic E-state index is -0.216. The first-order chi connectivity index (χ1) is 6.81. The summed E-state index contributed by atoms with van der Waals surface area (Å²) >= 11 is 0. The van der Waals surface area contributed by atoms with Crippen LogP contribution in [0.25, 0.3) is 0 Å². The van der Waals surface area contributed by atoms with Gasteiger partial charge in [0.05, 0.1) is 5.60 Å². The average Bonchev–Trinajstić information content (AvgIpc) is 2.16. The first-order valence-corrected chi connectivity index (χ1v) is 6.18. The van der Waals surface area contributed by atoms with E-state index in [0.29, 0.717) is 5.92 Å². The van der Waals surface area contributed by atoms with Gasteiger partial charge in [0.25, 0.3) is 0 Å². The fourth-order valence-electron chi connectivity index (χ4n) is 2.10. The Morgan fingerprint density at radius 1 is 0.800 bits per heavy atom. The SMILES string of the molecule is CC(C)(C)OOC(C)(C)C1CCCCC1. The Hall–Kier alpha value is -0.0800. The molecule has 2 heteroatoms. The fourth-order valence-corrected chi connectivity index (χ4v) is 2.10. The van der Waals surface area contributed by atoms with E-state index < -0.39 is 0 Å². The zero-order valence-electron chi connectivity index (χ0n) is 10.9. The zero-order chi connectivity index (χ0) is 11.5. The van der Waals surface area contributed by atoms with Gasteiger partial charge in [0, 0.05) is 0 Å². The Morgan fingerprint density at radius 3 is 1.80 bits per heavy atom. The zero-order valence-corrected chi connectivity index (χ0v) is 10.9. The minimum Gasteiger partial charge on any atom is -0.230 e. The van der Waals surface area contributed by atoms with Crippen LogP contribution < -0.4 is 0 Å². The number of hydrogen-bond acceptors (Lipinski definition) is 2. The summed E-state index contributed by atoms with van der Waals surface area (Å²) in [5.74, 6) is 0.647. The molecule has 1 aliphatic carbocycles. The average molecular weight is 214 g/mol. The highest BCUT2D eigenvalue weighted by Crippen LogP contribution is 2.35. The molecule has 90 valence electrons. The largest absolute Gasteiger partial charge is 0.230 e.